The fraction of sp³-hybridized carbons (Fsp3) is 0.933. The van der Waals surface area contributed by atoms with Gasteiger partial charge < -0.3 is 84.4 Å². The number of aliphatic hydroxyl groups excluding tert-OH is 8. The Kier molecular flexibility index (Phi) is 17.4. The van der Waals surface area contributed by atoms with Crippen molar-refractivity contribution < 1.29 is 88.7 Å². The summed E-state index contributed by atoms with van der Waals surface area (Å²) >= 11 is 0. The van der Waals surface area contributed by atoms with Crippen molar-refractivity contribution in [2.75, 3.05) is 33.0 Å². The Balaban J connectivity index is 1.81. The van der Waals surface area contributed by atoms with E-state index in [2.05, 4.69) is 12.2 Å². The summed E-state index contributed by atoms with van der Waals surface area (Å²) in [5, 5.41) is 95.5. The predicted octanol–water partition coefficient (Wildman–Crippen LogP) is -3.94. The van der Waals surface area contributed by atoms with Gasteiger partial charge >= 0.3 is 5.97 Å². The van der Waals surface area contributed by atoms with E-state index in [0.29, 0.717) is 6.42 Å². The van der Waals surface area contributed by atoms with E-state index in [1.165, 1.54) is 6.92 Å². The Hall–Kier alpha value is -1.66. The lowest BCUT2D eigenvalue weighted by molar-refractivity contribution is -0.376. The van der Waals surface area contributed by atoms with E-state index in [9.17, 15) is 50.4 Å². The first-order valence-electron chi connectivity index (χ1n) is 16.6. The molecule has 0 radical (unpaired) electrons. The predicted molar refractivity (Wildman–Crippen MR) is 161 cm³/mol. The quantitative estimate of drug-likeness (QED) is 0.0571. The number of unbranched alkanes of at least 4 members (excludes halogenated alkanes) is 5. The van der Waals surface area contributed by atoms with Crippen molar-refractivity contribution in [3.63, 3.8) is 0 Å². The van der Waals surface area contributed by atoms with Gasteiger partial charge in [-0.3, -0.25) is 4.79 Å². The van der Waals surface area contributed by atoms with Crippen LogP contribution in [0.15, 0.2) is 0 Å². The number of aliphatic carboxylic acids is 1. The third-order valence-corrected chi connectivity index (χ3v) is 8.58. The molecule has 0 aromatic heterocycles. The molecule has 3 fully saturated rings. The van der Waals surface area contributed by atoms with Crippen molar-refractivity contribution in [1.82, 2.24) is 5.32 Å². The van der Waals surface area contributed by atoms with E-state index >= 15 is 0 Å². The van der Waals surface area contributed by atoms with E-state index < -0.39 is 130 Å². The Morgan fingerprint density at radius 1 is 0.673 bits per heavy atom. The van der Waals surface area contributed by atoms with Crippen molar-refractivity contribution in [2.45, 2.75) is 144 Å². The molecule has 3 aliphatic heterocycles. The van der Waals surface area contributed by atoms with Crippen molar-refractivity contribution in [2.24, 2.45) is 0 Å². The molecule has 19 heteroatoms. The number of carbonyl (C=O) groups excluding carboxylic acids is 1. The summed E-state index contributed by atoms with van der Waals surface area (Å²) in [7, 11) is 0. The fourth-order valence-corrected chi connectivity index (χ4v) is 5.91. The van der Waals surface area contributed by atoms with Gasteiger partial charge in [-0.25, -0.2) is 4.79 Å². The highest BCUT2D eigenvalue weighted by molar-refractivity contribution is 5.73. The number of amides is 1. The van der Waals surface area contributed by atoms with Crippen LogP contribution in [0.25, 0.3) is 0 Å². The van der Waals surface area contributed by atoms with E-state index in [1.807, 2.05) is 0 Å². The molecular formula is C30H53NO18. The molecule has 0 aliphatic carbocycles. The van der Waals surface area contributed by atoms with Crippen LogP contribution in [0.4, 0.5) is 0 Å². The van der Waals surface area contributed by atoms with Crippen LogP contribution in [0.3, 0.4) is 0 Å². The zero-order valence-corrected chi connectivity index (χ0v) is 27.6. The second kappa shape index (κ2) is 20.4. The van der Waals surface area contributed by atoms with E-state index in [0.717, 1.165) is 32.1 Å². The van der Waals surface area contributed by atoms with Gasteiger partial charge in [-0.2, -0.15) is 0 Å². The fourth-order valence-electron chi connectivity index (χ4n) is 5.91. The lowest BCUT2D eigenvalue weighted by Gasteiger charge is -2.49. The molecule has 3 saturated heterocycles. The SMILES string of the molecule is CCCCCCCCO[C@@H]1O[C@H](COCC(=O)O)[C@@H](O[C@@H]2O[C@H](CO)[C@H](O)[C@H](O[C@H]3O[C@H](CO)[C@H](O)[C@H](O)[C@H]3O)[C@H]2O)[C@H](O)[C@H]1NC(C)=O. The molecular weight excluding hydrogens is 662 g/mol. The summed E-state index contributed by atoms with van der Waals surface area (Å²) in [4.78, 5) is 23.3. The van der Waals surface area contributed by atoms with Crippen molar-refractivity contribution >= 4 is 11.9 Å². The standard InChI is InChI=1S/C30H53NO18/c1-3-4-5-6-7-8-9-44-28-19(31-14(2)34)22(39)26(17(47-28)12-43-13-18(35)36)48-30-25(42)27(21(38)16(11-33)46-30)49-29-24(41)23(40)20(37)15(10-32)45-29/h15-17,19-30,32-33,37-42H,3-13H2,1-2H3,(H,31,34)(H,35,36)/t15-,16-,17-,19-,20+,21+,22-,23+,24-,25-,26-,27+,28-,29-,30+/m1/s1. The number of ether oxygens (including phenoxy) is 7. The third-order valence-electron chi connectivity index (χ3n) is 8.58. The van der Waals surface area contributed by atoms with E-state index in [-0.39, 0.29) is 6.61 Å². The Morgan fingerprint density at radius 3 is 1.86 bits per heavy atom. The van der Waals surface area contributed by atoms with Gasteiger partial charge in [0.15, 0.2) is 18.9 Å². The highest BCUT2D eigenvalue weighted by Crippen LogP contribution is 2.33. The van der Waals surface area contributed by atoms with Gasteiger partial charge in [0.1, 0.15) is 79.8 Å². The number of hydrogen-bond acceptors (Lipinski definition) is 17. The summed E-state index contributed by atoms with van der Waals surface area (Å²) < 4.78 is 39.6. The number of nitrogens with one attached hydrogen (secondary N) is 1. The van der Waals surface area contributed by atoms with Gasteiger partial charge in [-0.05, 0) is 6.42 Å². The molecule has 49 heavy (non-hydrogen) atoms. The largest absolute Gasteiger partial charge is 0.480 e. The maximum Gasteiger partial charge on any atom is 0.329 e. The van der Waals surface area contributed by atoms with Crippen LogP contribution in [-0.2, 0) is 42.7 Å². The second-order valence-corrected chi connectivity index (χ2v) is 12.4. The number of aliphatic hydroxyl groups is 8. The van der Waals surface area contributed by atoms with Crippen LogP contribution in [0, 0.1) is 0 Å². The molecule has 286 valence electrons. The first-order valence-corrected chi connectivity index (χ1v) is 16.6. The zero-order valence-electron chi connectivity index (χ0n) is 27.6. The van der Waals surface area contributed by atoms with E-state index in [4.69, 9.17) is 38.3 Å². The first kappa shape index (κ1) is 41.8. The first-order chi connectivity index (χ1) is 23.3. The molecule has 1 amide bonds. The lowest BCUT2D eigenvalue weighted by Crippen LogP contribution is -2.68. The van der Waals surface area contributed by atoms with Crippen LogP contribution >= 0.6 is 0 Å². The number of carboxylic acids is 1. The summed E-state index contributed by atoms with van der Waals surface area (Å²) in [5.41, 5.74) is 0. The molecule has 3 aliphatic rings. The lowest BCUT2D eigenvalue weighted by atomic mass is 9.95. The summed E-state index contributed by atoms with van der Waals surface area (Å²) in [6.07, 6.45) is -17.2. The Morgan fingerprint density at radius 2 is 1.24 bits per heavy atom. The number of hydrogen-bond donors (Lipinski definition) is 10. The average molecular weight is 716 g/mol. The topological polar surface area (TPSA) is 293 Å². The number of carbonyl (C=O) groups is 2. The molecule has 0 spiro atoms. The number of rotatable bonds is 19. The maximum absolute atomic E-state index is 12.1. The van der Waals surface area contributed by atoms with Gasteiger partial charge in [0.05, 0.1) is 19.8 Å². The minimum Gasteiger partial charge on any atom is -0.480 e. The molecule has 0 bridgehead atoms. The molecule has 15 atom stereocenters. The van der Waals surface area contributed by atoms with Gasteiger partial charge in [-0.1, -0.05) is 39.0 Å². The van der Waals surface area contributed by atoms with Crippen molar-refractivity contribution in [3.05, 3.63) is 0 Å². The summed E-state index contributed by atoms with van der Waals surface area (Å²) in [6.45, 7) is 0.715. The Labute approximate surface area is 283 Å². The van der Waals surface area contributed by atoms with Crippen LogP contribution in [0.5, 0.6) is 0 Å². The smallest absolute Gasteiger partial charge is 0.329 e. The molecule has 0 aromatic carbocycles. The summed E-state index contributed by atoms with van der Waals surface area (Å²) in [6, 6.07) is -1.22. The van der Waals surface area contributed by atoms with Crippen LogP contribution in [-0.4, -0.2) is 183 Å². The molecule has 3 heterocycles. The van der Waals surface area contributed by atoms with Crippen molar-refractivity contribution in [1.29, 1.82) is 0 Å². The van der Waals surface area contributed by atoms with E-state index in [1.54, 1.807) is 0 Å². The third kappa shape index (κ3) is 11.4. The zero-order chi connectivity index (χ0) is 36.2. The molecule has 10 N–H and O–H groups in total. The van der Waals surface area contributed by atoms with Crippen LogP contribution < -0.4 is 5.32 Å². The minimum absolute atomic E-state index is 0.214. The van der Waals surface area contributed by atoms with Crippen molar-refractivity contribution in [3.8, 4) is 0 Å². The monoisotopic (exact) mass is 715 g/mol. The van der Waals surface area contributed by atoms with Crippen LogP contribution in [0.2, 0.25) is 0 Å². The minimum atomic E-state index is -1.95. The van der Waals surface area contributed by atoms with Gasteiger partial charge in [0.2, 0.25) is 5.91 Å². The van der Waals surface area contributed by atoms with Gasteiger partial charge in [0.25, 0.3) is 0 Å². The summed E-state index contributed by atoms with van der Waals surface area (Å²) in [5.74, 6) is -1.84. The normalized spacial score (nSPS) is 39.8. The second-order valence-electron chi connectivity index (χ2n) is 12.4. The van der Waals surface area contributed by atoms with Crippen LogP contribution in [0.1, 0.15) is 52.4 Å². The highest BCUT2D eigenvalue weighted by Gasteiger charge is 2.54. The molecule has 0 aromatic rings. The van der Waals surface area contributed by atoms with Gasteiger partial charge in [0, 0.05) is 13.5 Å². The molecule has 19 nitrogen and oxygen atoms in total. The highest BCUT2D eigenvalue weighted by atomic mass is 16.8. The maximum atomic E-state index is 12.1. The molecule has 3 rings (SSSR count). The Bertz CT molecular complexity index is 993. The van der Waals surface area contributed by atoms with Gasteiger partial charge in [-0.15, -0.1) is 0 Å². The molecule has 0 saturated carbocycles. The number of carboxylic acid groups (broad SMARTS) is 1. The average Bonchev–Trinajstić information content (AvgIpc) is 3.06. The molecule has 0 unspecified atom stereocenters.